The van der Waals surface area contributed by atoms with E-state index in [1.165, 1.54) is 72.3 Å². The van der Waals surface area contributed by atoms with Gasteiger partial charge in [0.25, 0.3) is 0 Å². The SMILES string of the molecule is c1ccc(-c2ccc(-c3cc(-c4cccc5c4-c4ccc6oc7ccccc7c6c4C54c5ccccc5C5(c6ccccc6-c6ccccc65)c5ccccc54)nc(-c4ccccc4)n3)cc2)cc1. The fraction of sp³-hybridized carbons (Fsp3) is 0.0303. The lowest BCUT2D eigenvalue weighted by atomic mass is 9.52. The average Bonchev–Trinajstić information content (AvgIpc) is 4.06. The molecule has 0 amide bonds. The predicted molar refractivity (Wildman–Crippen MR) is 279 cm³/mol. The Hall–Kier alpha value is -8.92. The lowest BCUT2D eigenvalue weighted by Crippen LogP contribution is -2.43. The third-order valence-corrected chi connectivity index (χ3v) is 15.4. The van der Waals surface area contributed by atoms with Gasteiger partial charge in [-0.15, -0.1) is 0 Å². The van der Waals surface area contributed by atoms with Crippen molar-refractivity contribution in [2.45, 2.75) is 10.8 Å². The van der Waals surface area contributed by atoms with Gasteiger partial charge in [0.1, 0.15) is 11.2 Å². The smallest absolute Gasteiger partial charge is 0.160 e. The number of furan rings is 1. The van der Waals surface area contributed by atoms with Gasteiger partial charge in [0.2, 0.25) is 0 Å². The Balaban J connectivity index is 1.06. The van der Waals surface area contributed by atoms with Crippen LogP contribution in [-0.2, 0) is 10.8 Å². The van der Waals surface area contributed by atoms with E-state index in [9.17, 15) is 0 Å². The predicted octanol–water partition coefficient (Wildman–Crippen LogP) is 16.1. The lowest BCUT2D eigenvalue weighted by Gasteiger charge is -2.49. The van der Waals surface area contributed by atoms with Crippen molar-refractivity contribution in [1.29, 1.82) is 0 Å². The highest BCUT2D eigenvalue weighted by molar-refractivity contribution is 6.14. The molecule has 3 nitrogen and oxygen atoms in total. The molecule has 15 rings (SSSR count). The molecule has 320 valence electrons. The quantitative estimate of drug-likeness (QED) is 0.177. The van der Waals surface area contributed by atoms with Crippen molar-refractivity contribution in [2.24, 2.45) is 0 Å². The van der Waals surface area contributed by atoms with Crippen molar-refractivity contribution < 1.29 is 4.42 Å². The van der Waals surface area contributed by atoms with E-state index in [0.717, 1.165) is 55.6 Å². The van der Waals surface area contributed by atoms with Gasteiger partial charge in [-0.25, -0.2) is 9.97 Å². The highest BCUT2D eigenvalue weighted by atomic mass is 16.3. The molecule has 0 N–H and O–H groups in total. The molecular weight excluding hydrogens is 837 g/mol. The standard InChI is InChI=1S/C66H40N2O/c1-3-18-41(19-4-1)42-34-36-43(37-35-42)57-40-58(68-64(67-57)44-20-5-2-6-21-44)47-25-17-32-56-61(47)49-38-39-60-62(48-24-9-16-33-59(48)69-60)63(49)66(56)54-30-14-12-28-52(54)65(53-29-13-15-31-55(53)66)50-26-10-7-22-45(50)46-23-8-11-27-51(46)65/h1-40H. The zero-order valence-corrected chi connectivity index (χ0v) is 37.4. The van der Waals surface area contributed by atoms with Crippen LogP contribution >= 0.6 is 0 Å². The monoisotopic (exact) mass is 876 g/mol. The van der Waals surface area contributed by atoms with Crippen LogP contribution < -0.4 is 0 Å². The summed E-state index contributed by atoms with van der Waals surface area (Å²) in [5, 5.41) is 2.25. The third kappa shape index (κ3) is 5.06. The zero-order valence-electron chi connectivity index (χ0n) is 37.4. The molecule has 0 radical (unpaired) electrons. The second-order valence-corrected chi connectivity index (χ2v) is 18.6. The fourth-order valence-electron chi connectivity index (χ4n) is 12.8. The van der Waals surface area contributed by atoms with E-state index in [2.05, 4.69) is 237 Å². The minimum Gasteiger partial charge on any atom is -0.456 e. The maximum absolute atomic E-state index is 6.83. The molecule has 3 aliphatic carbocycles. The Morgan fingerprint density at radius 2 is 0.797 bits per heavy atom. The van der Waals surface area contributed by atoms with Crippen molar-refractivity contribution in [3.05, 3.63) is 287 Å². The highest BCUT2D eigenvalue weighted by Crippen LogP contribution is 2.69. The number of para-hydroxylation sites is 1. The average molecular weight is 877 g/mol. The van der Waals surface area contributed by atoms with Crippen LogP contribution in [0.5, 0.6) is 0 Å². The van der Waals surface area contributed by atoms with Gasteiger partial charge >= 0.3 is 0 Å². The molecular formula is C66H40N2O. The van der Waals surface area contributed by atoms with Crippen molar-refractivity contribution in [1.82, 2.24) is 9.97 Å². The number of aromatic nitrogens is 2. The van der Waals surface area contributed by atoms with E-state index < -0.39 is 10.8 Å². The zero-order chi connectivity index (χ0) is 45.3. The molecule has 0 fully saturated rings. The minimum atomic E-state index is -0.747. The molecule has 3 aliphatic rings. The molecule has 69 heavy (non-hydrogen) atoms. The Morgan fingerprint density at radius 3 is 1.46 bits per heavy atom. The summed E-state index contributed by atoms with van der Waals surface area (Å²) in [7, 11) is 0. The summed E-state index contributed by atoms with van der Waals surface area (Å²) in [6.45, 7) is 0. The lowest BCUT2D eigenvalue weighted by molar-refractivity contribution is 0.634. The molecule has 0 aliphatic heterocycles. The van der Waals surface area contributed by atoms with E-state index in [1.807, 2.05) is 6.07 Å². The first kappa shape index (κ1) is 38.2. The van der Waals surface area contributed by atoms with Crippen LogP contribution in [0.15, 0.2) is 247 Å². The molecule has 0 bridgehead atoms. The van der Waals surface area contributed by atoms with Crippen LogP contribution in [0.3, 0.4) is 0 Å². The first-order valence-electron chi connectivity index (χ1n) is 23.8. The van der Waals surface area contributed by atoms with Crippen LogP contribution in [0, 0.1) is 0 Å². The van der Waals surface area contributed by atoms with Crippen molar-refractivity contribution in [3.63, 3.8) is 0 Å². The maximum Gasteiger partial charge on any atom is 0.160 e. The van der Waals surface area contributed by atoms with Crippen LogP contribution in [-0.4, -0.2) is 9.97 Å². The van der Waals surface area contributed by atoms with E-state index >= 15 is 0 Å². The van der Waals surface area contributed by atoms with Gasteiger partial charge in [0, 0.05) is 27.5 Å². The second-order valence-electron chi connectivity index (χ2n) is 18.6. The Kier molecular flexibility index (Phi) is 7.92. The summed E-state index contributed by atoms with van der Waals surface area (Å²) >= 11 is 0. The van der Waals surface area contributed by atoms with Crippen molar-refractivity contribution in [3.8, 4) is 67.3 Å². The topological polar surface area (TPSA) is 38.9 Å². The second kappa shape index (κ2) is 14.3. The fourth-order valence-corrected chi connectivity index (χ4v) is 12.8. The van der Waals surface area contributed by atoms with Crippen molar-refractivity contribution in [2.75, 3.05) is 0 Å². The largest absolute Gasteiger partial charge is 0.456 e. The number of benzene rings is 10. The van der Waals surface area contributed by atoms with Crippen LogP contribution in [0.2, 0.25) is 0 Å². The first-order chi connectivity index (χ1) is 34.2. The summed E-state index contributed by atoms with van der Waals surface area (Å²) in [5.74, 6) is 0.686. The summed E-state index contributed by atoms with van der Waals surface area (Å²) in [6, 6.07) is 88.6. The molecule has 10 aromatic carbocycles. The van der Waals surface area contributed by atoms with Crippen LogP contribution in [0.1, 0.15) is 44.5 Å². The van der Waals surface area contributed by atoms with E-state index in [0.29, 0.717) is 5.82 Å². The normalized spacial score (nSPS) is 14.0. The molecule has 3 heteroatoms. The molecule has 0 saturated carbocycles. The van der Waals surface area contributed by atoms with E-state index in [4.69, 9.17) is 14.4 Å². The molecule has 0 atom stereocenters. The number of rotatable bonds is 4. The Labute approximate surface area is 399 Å². The highest BCUT2D eigenvalue weighted by Gasteiger charge is 2.59. The Bertz CT molecular complexity index is 3980. The summed E-state index contributed by atoms with van der Waals surface area (Å²) in [6.07, 6.45) is 0. The third-order valence-electron chi connectivity index (χ3n) is 15.4. The molecule has 2 aromatic heterocycles. The molecule has 0 saturated heterocycles. The van der Waals surface area contributed by atoms with Gasteiger partial charge in [-0.3, -0.25) is 0 Å². The molecule has 2 heterocycles. The van der Waals surface area contributed by atoms with Gasteiger partial charge in [0.05, 0.1) is 22.2 Å². The first-order valence-corrected chi connectivity index (χ1v) is 23.8. The Morgan fingerprint density at radius 1 is 0.304 bits per heavy atom. The van der Waals surface area contributed by atoms with Gasteiger partial charge in [-0.2, -0.15) is 0 Å². The summed E-state index contributed by atoms with van der Waals surface area (Å²) < 4.78 is 6.83. The molecule has 0 unspecified atom stereocenters. The van der Waals surface area contributed by atoms with Gasteiger partial charge < -0.3 is 4.42 Å². The van der Waals surface area contributed by atoms with Crippen LogP contribution in [0.25, 0.3) is 89.2 Å². The number of hydrogen-bond donors (Lipinski definition) is 0. The molecule has 2 spiro atoms. The van der Waals surface area contributed by atoms with Gasteiger partial charge in [-0.05, 0) is 96.1 Å². The van der Waals surface area contributed by atoms with Gasteiger partial charge in [0.15, 0.2) is 5.82 Å². The number of nitrogens with zero attached hydrogens (tertiary/aromatic N) is 2. The molecule has 12 aromatic rings. The minimum absolute atomic E-state index is 0.555. The van der Waals surface area contributed by atoms with Crippen molar-refractivity contribution >= 4 is 21.9 Å². The number of hydrogen-bond acceptors (Lipinski definition) is 3. The summed E-state index contributed by atoms with van der Waals surface area (Å²) in [4.78, 5) is 10.8. The maximum atomic E-state index is 6.83. The number of fused-ring (bicyclic) bond motifs is 20. The van der Waals surface area contributed by atoms with Gasteiger partial charge in [-0.1, -0.05) is 224 Å². The summed E-state index contributed by atoms with van der Waals surface area (Å²) in [5.41, 5.74) is 22.8. The van der Waals surface area contributed by atoms with E-state index in [-0.39, 0.29) is 0 Å². The van der Waals surface area contributed by atoms with Crippen LogP contribution in [0.4, 0.5) is 0 Å². The van der Waals surface area contributed by atoms with E-state index in [1.54, 1.807) is 0 Å².